The van der Waals surface area contributed by atoms with Crippen molar-refractivity contribution in [3.05, 3.63) is 68.8 Å². The first-order chi connectivity index (χ1) is 12.2. The van der Waals surface area contributed by atoms with Crippen LogP contribution in [0.2, 0.25) is 0 Å². The van der Waals surface area contributed by atoms with Gasteiger partial charge in [-0.1, -0.05) is 46.0 Å². The third-order valence-electron chi connectivity index (χ3n) is 3.47. The summed E-state index contributed by atoms with van der Waals surface area (Å²) in [5.41, 5.74) is -0.699. The number of nitrogens with zero attached hydrogens (tertiary/aromatic N) is 1. The van der Waals surface area contributed by atoms with Crippen molar-refractivity contribution >= 4 is 61.9 Å². The molecule has 1 aliphatic rings. The van der Waals surface area contributed by atoms with Crippen molar-refractivity contribution in [3.8, 4) is 0 Å². The van der Waals surface area contributed by atoms with Gasteiger partial charge in [0.05, 0.1) is 16.2 Å². The lowest BCUT2D eigenvalue weighted by Crippen LogP contribution is -2.27. The number of halogens is 5. The second-order valence-electron chi connectivity index (χ2n) is 5.23. The van der Waals surface area contributed by atoms with Gasteiger partial charge in [0.1, 0.15) is 5.82 Å². The highest BCUT2D eigenvalue weighted by Crippen LogP contribution is 2.38. The van der Waals surface area contributed by atoms with Gasteiger partial charge in [-0.3, -0.25) is 9.69 Å². The first-order valence-corrected chi connectivity index (χ1v) is 9.09. The van der Waals surface area contributed by atoms with Gasteiger partial charge in [0.2, 0.25) is 0 Å². The third kappa shape index (κ3) is 3.84. The second-order valence-corrected chi connectivity index (χ2v) is 7.82. The molecule has 26 heavy (non-hydrogen) atoms. The van der Waals surface area contributed by atoms with E-state index in [0.717, 1.165) is 28.8 Å². The number of thioether (sulfide) groups is 1. The molecule has 0 saturated carbocycles. The van der Waals surface area contributed by atoms with E-state index in [1.807, 2.05) is 0 Å². The molecule has 1 fully saturated rings. The van der Waals surface area contributed by atoms with Crippen LogP contribution in [-0.2, 0) is 11.0 Å². The normalized spacial score (nSPS) is 16.7. The molecule has 0 atom stereocenters. The van der Waals surface area contributed by atoms with Crippen LogP contribution in [-0.4, -0.2) is 10.2 Å². The predicted molar refractivity (Wildman–Crippen MR) is 101 cm³/mol. The molecule has 1 heterocycles. The van der Waals surface area contributed by atoms with E-state index in [0.29, 0.717) is 4.47 Å². The molecular weight excluding hydrogens is 454 g/mol. The minimum absolute atomic E-state index is 0.0143. The minimum atomic E-state index is -4.54. The maximum absolute atomic E-state index is 13.9. The summed E-state index contributed by atoms with van der Waals surface area (Å²) in [5, 5.41) is 0. The lowest BCUT2D eigenvalue weighted by atomic mass is 10.1. The Kier molecular flexibility index (Phi) is 5.23. The van der Waals surface area contributed by atoms with Crippen LogP contribution in [0, 0.1) is 5.82 Å². The Morgan fingerprint density at radius 2 is 1.88 bits per heavy atom. The van der Waals surface area contributed by atoms with Gasteiger partial charge >= 0.3 is 6.18 Å². The molecular formula is C17H8BrF4NOS2. The van der Waals surface area contributed by atoms with Crippen LogP contribution in [0.5, 0.6) is 0 Å². The number of thiocarbonyl (C=S) groups is 1. The Morgan fingerprint density at radius 1 is 1.15 bits per heavy atom. The fraction of sp³-hybridized carbons (Fsp3) is 0.0588. The molecule has 3 rings (SSSR count). The molecule has 0 bridgehead atoms. The topological polar surface area (TPSA) is 20.3 Å². The number of carbonyl (C=O) groups is 1. The molecule has 0 radical (unpaired) electrons. The van der Waals surface area contributed by atoms with Crippen molar-refractivity contribution in [1.82, 2.24) is 0 Å². The lowest BCUT2D eigenvalue weighted by Gasteiger charge is -2.16. The molecule has 1 amide bonds. The van der Waals surface area contributed by atoms with Crippen molar-refractivity contribution in [3.63, 3.8) is 0 Å². The number of hydrogen-bond donors (Lipinski definition) is 0. The number of carbonyl (C=O) groups excluding carboxylic acids is 1. The summed E-state index contributed by atoms with van der Waals surface area (Å²) < 4.78 is 53.3. The maximum Gasteiger partial charge on any atom is 0.416 e. The van der Waals surface area contributed by atoms with Crippen molar-refractivity contribution in [2.45, 2.75) is 6.18 Å². The molecule has 0 aliphatic carbocycles. The molecule has 0 unspecified atom stereocenters. The molecule has 2 aromatic rings. The van der Waals surface area contributed by atoms with E-state index in [-0.39, 0.29) is 20.5 Å². The van der Waals surface area contributed by atoms with Gasteiger partial charge in [0.15, 0.2) is 4.32 Å². The second kappa shape index (κ2) is 7.13. The van der Waals surface area contributed by atoms with Crippen LogP contribution in [0.25, 0.3) is 6.08 Å². The fourth-order valence-electron chi connectivity index (χ4n) is 2.28. The van der Waals surface area contributed by atoms with Gasteiger partial charge in [0, 0.05) is 10.0 Å². The highest BCUT2D eigenvalue weighted by atomic mass is 79.9. The zero-order chi connectivity index (χ0) is 19.1. The van der Waals surface area contributed by atoms with Gasteiger partial charge in [-0.25, -0.2) is 4.39 Å². The zero-order valence-corrected chi connectivity index (χ0v) is 15.9. The van der Waals surface area contributed by atoms with Crippen LogP contribution >= 0.6 is 39.9 Å². The largest absolute Gasteiger partial charge is 0.416 e. The molecule has 134 valence electrons. The molecule has 0 aromatic heterocycles. The number of amides is 1. The van der Waals surface area contributed by atoms with Gasteiger partial charge in [0.25, 0.3) is 5.91 Å². The average Bonchev–Trinajstić information content (AvgIpc) is 2.84. The number of alkyl halides is 3. The van der Waals surface area contributed by atoms with Crippen LogP contribution in [0.1, 0.15) is 11.1 Å². The molecule has 1 saturated heterocycles. The van der Waals surface area contributed by atoms with Gasteiger partial charge in [-0.05, 0) is 42.5 Å². The van der Waals surface area contributed by atoms with Crippen molar-refractivity contribution in [2.75, 3.05) is 4.90 Å². The van der Waals surface area contributed by atoms with E-state index in [4.69, 9.17) is 12.2 Å². The third-order valence-corrected chi connectivity index (χ3v) is 5.27. The maximum atomic E-state index is 13.9. The summed E-state index contributed by atoms with van der Waals surface area (Å²) in [6, 6.07) is 8.58. The van der Waals surface area contributed by atoms with Crippen molar-refractivity contribution < 1.29 is 22.4 Å². The van der Waals surface area contributed by atoms with Crippen LogP contribution in [0.3, 0.4) is 0 Å². The Labute approximate surface area is 164 Å². The van der Waals surface area contributed by atoms with Gasteiger partial charge < -0.3 is 0 Å². The summed E-state index contributed by atoms with van der Waals surface area (Å²) in [7, 11) is 0. The molecule has 1 aliphatic heterocycles. The first kappa shape index (κ1) is 19.1. The smallest absolute Gasteiger partial charge is 0.268 e. The summed E-state index contributed by atoms with van der Waals surface area (Å²) in [6.07, 6.45) is -3.21. The van der Waals surface area contributed by atoms with E-state index in [1.54, 1.807) is 0 Å². The molecule has 0 spiro atoms. The van der Waals surface area contributed by atoms with Crippen LogP contribution in [0.4, 0.5) is 23.2 Å². The van der Waals surface area contributed by atoms with Gasteiger partial charge in [-0.2, -0.15) is 13.2 Å². The van der Waals surface area contributed by atoms with E-state index in [2.05, 4.69) is 15.9 Å². The van der Waals surface area contributed by atoms with Crippen molar-refractivity contribution in [1.29, 1.82) is 0 Å². The Balaban J connectivity index is 1.97. The Hall–Kier alpha value is -1.71. The van der Waals surface area contributed by atoms with Gasteiger partial charge in [-0.15, -0.1) is 0 Å². The number of benzene rings is 2. The van der Waals surface area contributed by atoms with E-state index < -0.39 is 23.5 Å². The SMILES string of the molecule is O=C1/C(=C/c2cc(Br)ccc2F)SC(=S)N1c1cccc(C(F)(F)F)c1. The highest BCUT2D eigenvalue weighted by Gasteiger charge is 2.36. The van der Waals surface area contributed by atoms with Crippen LogP contribution < -0.4 is 4.90 Å². The highest BCUT2D eigenvalue weighted by molar-refractivity contribution is 9.10. The molecule has 0 N–H and O–H groups in total. The monoisotopic (exact) mass is 461 g/mol. The Bertz CT molecular complexity index is 943. The van der Waals surface area contributed by atoms with E-state index in [1.165, 1.54) is 36.4 Å². The summed E-state index contributed by atoms with van der Waals surface area (Å²) >= 11 is 9.25. The van der Waals surface area contributed by atoms with Crippen LogP contribution in [0.15, 0.2) is 51.8 Å². The Morgan fingerprint density at radius 3 is 2.58 bits per heavy atom. The zero-order valence-electron chi connectivity index (χ0n) is 12.7. The molecule has 2 nitrogen and oxygen atoms in total. The molecule has 2 aromatic carbocycles. The fourth-order valence-corrected chi connectivity index (χ4v) is 3.95. The van der Waals surface area contributed by atoms with Crippen molar-refractivity contribution in [2.24, 2.45) is 0 Å². The van der Waals surface area contributed by atoms with E-state index >= 15 is 0 Å². The minimum Gasteiger partial charge on any atom is -0.268 e. The number of anilines is 1. The molecule has 9 heteroatoms. The average molecular weight is 462 g/mol. The lowest BCUT2D eigenvalue weighted by molar-refractivity contribution is -0.137. The number of hydrogen-bond acceptors (Lipinski definition) is 3. The predicted octanol–water partition coefficient (Wildman–Crippen LogP) is 6.01. The summed E-state index contributed by atoms with van der Waals surface area (Å²) in [4.78, 5) is 13.8. The number of rotatable bonds is 2. The summed E-state index contributed by atoms with van der Waals surface area (Å²) in [5.74, 6) is -1.13. The first-order valence-electron chi connectivity index (χ1n) is 7.07. The van der Waals surface area contributed by atoms with E-state index in [9.17, 15) is 22.4 Å². The quantitative estimate of drug-likeness (QED) is 0.310. The standard InChI is InChI=1S/C17H8BrF4NOS2/c18-11-4-5-13(19)9(6-11)7-14-15(24)23(16(25)26-14)12-3-1-2-10(8-12)17(20,21)22/h1-8H/b14-7-. The summed E-state index contributed by atoms with van der Waals surface area (Å²) in [6.45, 7) is 0.